The van der Waals surface area contributed by atoms with Crippen molar-refractivity contribution in [3.05, 3.63) is 0 Å². The van der Waals surface area contributed by atoms with Gasteiger partial charge in [-0.25, -0.2) is 4.79 Å². The molecule has 0 aromatic rings. The molecule has 0 amide bonds. The molecule has 0 rings (SSSR count). The lowest BCUT2D eigenvalue weighted by atomic mass is 10.2. The zero-order valence-corrected chi connectivity index (χ0v) is 7.33. The molecule has 0 aromatic carbocycles. The number of carboxylic acid groups (broad SMARTS) is 1. The lowest BCUT2D eigenvalue weighted by Gasteiger charge is -2.12. The Kier molecular flexibility index (Phi) is 4.86. The van der Waals surface area contributed by atoms with Crippen molar-refractivity contribution in [2.45, 2.75) is 33.3 Å². The van der Waals surface area contributed by atoms with E-state index in [4.69, 9.17) is 9.84 Å². The zero-order valence-electron chi connectivity index (χ0n) is 7.33. The van der Waals surface area contributed by atoms with Gasteiger partial charge < -0.3 is 9.84 Å². The maximum Gasteiger partial charge on any atom is 0.332 e. The van der Waals surface area contributed by atoms with Gasteiger partial charge in [-0.05, 0) is 12.3 Å². The molecular weight excluding hydrogens is 144 g/mol. The van der Waals surface area contributed by atoms with Crippen LogP contribution in [0, 0.1) is 5.92 Å². The standard InChI is InChI=1S/C8H16O3/c1-4-7(8(9)10)11-5-6(2)3/h6-7H,4-5H2,1-3H3,(H,9,10). The van der Waals surface area contributed by atoms with E-state index in [2.05, 4.69) is 0 Å². The Morgan fingerprint density at radius 1 is 1.55 bits per heavy atom. The van der Waals surface area contributed by atoms with E-state index in [9.17, 15) is 4.79 Å². The van der Waals surface area contributed by atoms with Crippen LogP contribution in [0.3, 0.4) is 0 Å². The third-order valence-electron chi connectivity index (χ3n) is 1.28. The fraction of sp³-hybridized carbons (Fsp3) is 0.875. The van der Waals surface area contributed by atoms with Crippen LogP contribution in [-0.2, 0) is 9.53 Å². The summed E-state index contributed by atoms with van der Waals surface area (Å²) in [5, 5.41) is 8.56. The Morgan fingerprint density at radius 3 is 2.36 bits per heavy atom. The van der Waals surface area contributed by atoms with Crippen LogP contribution in [0.4, 0.5) is 0 Å². The number of aliphatic carboxylic acids is 1. The number of ether oxygens (including phenoxy) is 1. The van der Waals surface area contributed by atoms with Crippen molar-refractivity contribution in [3.8, 4) is 0 Å². The van der Waals surface area contributed by atoms with Gasteiger partial charge in [0.25, 0.3) is 0 Å². The highest BCUT2D eigenvalue weighted by Gasteiger charge is 2.15. The second kappa shape index (κ2) is 5.13. The molecule has 0 spiro atoms. The van der Waals surface area contributed by atoms with Crippen LogP contribution in [0.2, 0.25) is 0 Å². The van der Waals surface area contributed by atoms with Crippen LogP contribution in [0.25, 0.3) is 0 Å². The van der Waals surface area contributed by atoms with Crippen LogP contribution < -0.4 is 0 Å². The molecular formula is C8H16O3. The van der Waals surface area contributed by atoms with Gasteiger partial charge in [0.1, 0.15) is 0 Å². The molecule has 0 saturated heterocycles. The molecule has 0 aliphatic rings. The third-order valence-corrected chi connectivity index (χ3v) is 1.28. The van der Waals surface area contributed by atoms with Gasteiger partial charge in [0, 0.05) is 0 Å². The molecule has 0 aromatic heterocycles. The van der Waals surface area contributed by atoms with Gasteiger partial charge in [-0.3, -0.25) is 0 Å². The first-order chi connectivity index (χ1) is 5.07. The van der Waals surface area contributed by atoms with E-state index in [0.29, 0.717) is 18.9 Å². The smallest absolute Gasteiger partial charge is 0.332 e. The van der Waals surface area contributed by atoms with Gasteiger partial charge in [0.05, 0.1) is 6.61 Å². The fourth-order valence-corrected chi connectivity index (χ4v) is 0.672. The molecule has 0 saturated carbocycles. The SMILES string of the molecule is CCC(OCC(C)C)C(=O)O. The predicted molar refractivity (Wildman–Crippen MR) is 42.5 cm³/mol. The number of hydrogen-bond acceptors (Lipinski definition) is 2. The lowest BCUT2D eigenvalue weighted by Crippen LogP contribution is -2.24. The maximum atomic E-state index is 10.4. The molecule has 3 heteroatoms. The van der Waals surface area contributed by atoms with Crippen LogP contribution >= 0.6 is 0 Å². The molecule has 0 fully saturated rings. The van der Waals surface area contributed by atoms with E-state index < -0.39 is 12.1 Å². The second-order valence-corrected chi connectivity index (χ2v) is 2.96. The highest BCUT2D eigenvalue weighted by Crippen LogP contribution is 2.01. The van der Waals surface area contributed by atoms with Gasteiger partial charge in [-0.2, -0.15) is 0 Å². The van der Waals surface area contributed by atoms with Crippen molar-refractivity contribution >= 4 is 5.97 Å². The van der Waals surface area contributed by atoms with Crippen molar-refractivity contribution in [1.82, 2.24) is 0 Å². The topological polar surface area (TPSA) is 46.5 Å². The minimum Gasteiger partial charge on any atom is -0.479 e. The first-order valence-electron chi connectivity index (χ1n) is 3.92. The van der Waals surface area contributed by atoms with Crippen molar-refractivity contribution in [1.29, 1.82) is 0 Å². The average Bonchev–Trinajstić information content (AvgIpc) is 1.87. The summed E-state index contributed by atoms with van der Waals surface area (Å²) in [4.78, 5) is 10.4. The lowest BCUT2D eigenvalue weighted by molar-refractivity contribution is -0.151. The molecule has 0 heterocycles. The highest BCUT2D eigenvalue weighted by atomic mass is 16.5. The Bertz CT molecular complexity index is 121. The molecule has 1 atom stereocenters. The largest absolute Gasteiger partial charge is 0.479 e. The van der Waals surface area contributed by atoms with Crippen molar-refractivity contribution in [3.63, 3.8) is 0 Å². The first-order valence-corrected chi connectivity index (χ1v) is 3.92. The molecule has 11 heavy (non-hydrogen) atoms. The van der Waals surface area contributed by atoms with Crippen molar-refractivity contribution in [2.75, 3.05) is 6.61 Å². The van der Waals surface area contributed by atoms with E-state index in [-0.39, 0.29) is 0 Å². The summed E-state index contributed by atoms with van der Waals surface area (Å²) in [6.07, 6.45) is -0.0976. The number of carbonyl (C=O) groups is 1. The summed E-state index contributed by atoms with van der Waals surface area (Å²) in [5.41, 5.74) is 0. The summed E-state index contributed by atoms with van der Waals surface area (Å²) in [6.45, 7) is 6.31. The van der Waals surface area contributed by atoms with E-state index in [1.807, 2.05) is 13.8 Å². The van der Waals surface area contributed by atoms with E-state index >= 15 is 0 Å². The normalized spacial score (nSPS) is 13.5. The highest BCUT2D eigenvalue weighted by molar-refractivity contribution is 5.72. The Hall–Kier alpha value is -0.570. The number of carboxylic acids is 1. The fourth-order valence-electron chi connectivity index (χ4n) is 0.672. The summed E-state index contributed by atoms with van der Waals surface area (Å²) in [6, 6.07) is 0. The van der Waals surface area contributed by atoms with E-state index in [1.54, 1.807) is 6.92 Å². The Balaban J connectivity index is 3.61. The van der Waals surface area contributed by atoms with E-state index in [1.165, 1.54) is 0 Å². The van der Waals surface area contributed by atoms with Crippen LogP contribution in [0.15, 0.2) is 0 Å². The monoisotopic (exact) mass is 160 g/mol. The first kappa shape index (κ1) is 10.4. The molecule has 0 aliphatic carbocycles. The maximum absolute atomic E-state index is 10.4. The molecule has 1 N–H and O–H groups in total. The van der Waals surface area contributed by atoms with Gasteiger partial charge in [0.15, 0.2) is 6.10 Å². The van der Waals surface area contributed by atoms with Gasteiger partial charge in [-0.15, -0.1) is 0 Å². The van der Waals surface area contributed by atoms with Crippen LogP contribution in [0.5, 0.6) is 0 Å². The Morgan fingerprint density at radius 2 is 2.09 bits per heavy atom. The van der Waals surface area contributed by atoms with Gasteiger partial charge in [0.2, 0.25) is 0 Å². The summed E-state index contributed by atoms with van der Waals surface area (Å²) < 4.78 is 5.11. The van der Waals surface area contributed by atoms with Gasteiger partial charge >= 0.3 is 5.97 Å². The predicted octanol–water partition coefficient (Wildman–Crippen LogP) is 1.52. The van der Waals surface area contributed by atoms with Crippen molar-refractivity contribution < 1.29 is 14.6 Å². The van der Waals surface area contributed by atoms with E-state index in [0.717, 1.165) is 0 Å². The summed E-state index contributed by atoms with van der Waals surface area (Å²) in [7, 11) is 0. The average molecular weight is 160 g/mol. The summed E-state index contributed by atoms with van der Waals surface area (Å²) >= 11 is 0. The molecule has 0 radical (unpaired) electrons. The minimum absolute atomic E-state index is 0.392. The molecule has 0 bridgehead atoms. The van der Waals surface area contributed by atoms with Crippen molar-refractivity contribution in [2.24, 2.45) is 5.92 Å². The van der Waals surface area contributed by atoms with Crippen LogP contribution in [0.1, 0.15) is 27.2 Å². The Labute approximate surface area is 67.4 Å². The second-order valence-electron chi connectivity index (χ2n) is 2.96. The molecule has 0 aliphatic heterocycles. The van der Waals surface area contributed by atoms with Gasteiger partial charge in [-0.1, -0.05) is 20.8 Å². The van der Waals surface area contributed by atoms with Crippen LogP contribution in [-0.4, -0.2) is 23.8 Å². The summed E-state index contributed by atoms with van der Waals surface area (Å²) in [5.74, 6) is -0.475. The molecule has 66 valence electrons. The minimum atomic E-state index is -0.867. The number of rotatable bonds is 5. The third kappa shape index (κ3) is 4.79. The number of hydrogen-bond donors (Lipinski definition) is 1. The molecule has 3 nitrogen and oxygen atoms in total. The molecule has 1 unspecified atom stereocenters. The zero-order chi connectivity index (χ0) is 8.85. The quantitative estimate of drug-likeness (QED) is 0.663.